The van der Waals surface area contributed by atoms with Crippen molar-refractivity contribution >= 4 is 11.7 Å². The normalized spacial score (nSPS) is 13.8. The first-order valence-electron chi connectivity index (χ1n) is 6.18. The van der Waals surface area contributed by atoms with Crippen LogP contribution in [-0.4, -0.2) is 17.9 Å². The zero-order valence-corrected chi connectivity index (χ0v) is 10.6. The quantitative estimate of drug-likeness (QED) is 0.894. The number of carboxylic acids is 1. The molecule has 0 amide bonds. The molecule has 0 aliphatic carbocycles. The lowest BCUT2D eigenvalue weighted by Gasteiger charge is -2.16. The summed E-state index contributed by atoms with van der Waals surface area (Å²) >= 11 is 0. The molecule has 2 aromatic rings. The Morgan fingerprint density at radius 3 is 2.60 bits per heavy atom. The molecule has 0 fully saturated rings. The number of nitrogens with one attached hydrogen (secondary N) is 1. The highest BCUT2D eigenvalue weighted by molar-refractivity contribution is 5.79. The van der Waals surface area contributed by atoms with Gasteiger partial charge < -0.3 is 19.9 Å². The van der Waals surface area contributed by atoms with Gasteiger partial charge in [0, 0.05) is 11.8 Å². The van der Waals surface area contributed by atoms with Gasteiger partial charge in [0.05, 0.1) is 0 Å². The van der Waals surface area contributed by atoms with Crippen LogP contribution in [0.1, 0.15) is 11.6 Å². The molecule has 1 aliphatic rings. The summed E-state index contributed by atoms with van der Waals surface area (Å²) in [5, 5.41) is 12.4. The van der Waals surface area contributed by atoms with Crippen LogP contribution in [0.5, 0.6) is 11.5 Å². The molecule has 0 bridgehead atoms. The second-order valence-electron chi connectivity index (χ2n) is 4.39. The maximum Gasteiger partial charge on any atom is 0.330 e. The van der Waals surface area contributed by atoms with E-state index in [2.05, 4.69) is 5.32 Å². The molecular formula is C15H13NO4. The van der Waals surface area contributed by atoms with Crippen LogP contribution in [0.15, 0.2) is 48.5 Å². The third-order valence-corrected chi connectivity index (χ3v) is 3.06. The summed E-state index contributed by atoms with van der Waals surface area (Å²) in [6.07, 6.45) is 0. The molecule has 1 aliphatic heterocycles. The van der Waals surface area contributed by atoms with Gasteiger partial charge in [-0.25, -0.2) is 4.79 Å². The third-order valence-electron chi connectivity index (χ3n) is 3.06. The summed E-state index contributed by atoms with van der Waals surface area (Å²) in [6.45, 7) is 0.194. The minimum atomic E-state index is -0.936. The zero-order valence-electron chi connectivity index (χ0n) is 10.6. The van der Waals surface area contributed by atoms with Crippen LogP contribution in [0, 0.1) is 0 Å². The molecule has 0 spiro atoms. The van der Waals surface area contributed by atoms with Crippen LogP contribution in [0.25, 0.3) is 0 Å². The van der Waals surface area contributed by atoms with Crippen LogP contribution in [0.2, 0.25) is 0 Å². The van der Waals surface area contributed by atoms with Crippen LogP contribution in [0.4, 0.5) is 5.69 Å². The number of ether oxygens (including phenoxy) is 2. The molecule has 0 aromatic heterocycles. The molecule has 102 valence electrons. The summed E-state index contributed by atoms with van der Waals surface area (Å²) in [5.74, 6) is 0.350. The number of carboxylic acid groups (broad SMARTS) is 1. The molecule has 5 heteroatoms. The van der Waals surface area contributed by atoms with E-state index in [0.29, 0.717) is 22.7 Å². The van der Waals surface area contributed by atoms with Gasteiger partial charge in [-0.05, 0) is 17.7 Å². The van der Waals surface area contributed by atoms with Gasteiger partial charge in [0.2, 0.25) is 6.79 Å². The number of benzene rings is 2. The van der Waals surface area contributed by atoms with Crippen molar-refractivity contribution in [1.29, 1.82) is 0 Å². The Hall–Kier alpha value is -2.69. The van der Waals surface area contributed by atoms with Gasteiger partial charge in [-0.3, -0.25) is 0 Å². The molecule has 1 atom stereocenters. The van der Waals surface area contributed by atoms with Gasteiger partial charge in [0.15, 0.2) is 17.5 Å². The van der Waals surface area contributed by atoms with Crippen molar-refractivity contribution in [3.05, 3.63) is 54.1 Å². The fourth-order valence-corrected chi connectivity index (χ4v) is 2.09. The van der Waals surface area contributed by atoms with Crippen molar-refractivity contribution in [3.63, 3.8) is 0 Å². The van der Waals surface area contributed by atoms with E-state index < -0.39 is 12.0 Å². The van der Waals surface area contributed by atoms with Crippen LogP contribution in [0.3, 0.4) is 0 Å². The van der Waals surface area contributed by atoms with Crippen molar-refractivity contribution in [2.75, 3.05) is 12.1 Å². The topological polar surface area (TPSA) is 67.8 Å². The standard InChI is InChI=1S/C15H13NO4/c17-15(18)14(10-4-2-1-3-5-10)16-11-6-7-12-13(8-11)20-9-19-12/h1-8,14,16H,9H2,(H,17,18)/t14-/m1/s1. The van der Waals surface area contributed by atoms with Gasteiger partial charge in [0.1, 0.15) is 0 Å². The van der Waals surface area contributed by atoms with Gasteiger partial charge in [-0.2, -0.15) is 0 Å². The Kier molecular flexibility index (Phi) is 3.16. The first-order valence-corrected chi connectivity index (χ1v) is 6.18. The zero-order chi connectivity index (χ0) is 13.9. The van der Waals surface area contributed by atoms with E-state index in [9.17, 15) is 9.90 Å². The Labute approximate surface area is 115 Å². The Balaban J connectivity index is 1.86. The number of anilines is 1. The van der Waals surface area contributed by atoms with E-state index in [1.54, 1.807) is 30.3 Å². The van der Waals surface area contributed by atoms with E-state index >= 15 is 0 Å². The molecule has 2 aromatic carbocycles. The van der Waals surface area contributed by atoms with Gasteiger partial charge in [0.25, 0.3) is 0 Å². The molecule has 0 unspecified atom stereocenters. The summed E-state index contributed by atoms with van der Waals surface area (Å²) in [4.78, 5) is 11.4. The number of rotatable bonds is 4. The van der Waals surface area contributed by atoms with Gasteiger partial charge in [-0.15, -0.1) is 0 Å². The van der Waals surface area contributed by atoms with E-state index in [4.69, 9.17) is 9.47 Å². The first kappa shape index (κ1) is 12.3. The van der Waals surface area contributed by atoms with E-state index in [-0.39, 0.29) is 6.79 Å². The Morgan fingerprint density at radius 1 is 1.10 bits per heavy atom. The van der Waals surface area contributed by atoms with Crippen LogP contribution >= 0.6 is 0 Å². The Morgan fingerprint density at radius 2 is 1.85 bits per heavy atom. The molecule has 3 rings (SSSR count). The molecular weight excluding hydrogens is 258 g/mol. The molecule has 0 saturated heterocycles. The van der Waals surface area contributed by atoms with E-state index in [1.807, 2.05) is 18.2 Å². The lowest BCUT2D eigenvalue weighted by Crippen LogP contribution is -2.20. The highest BCUT2D eigenvalue weighted by Gasteiger charge is 2.20. The summed E-state index contributed by atoms with van der Waals surface area (Å²) in [7, 11) is 0. The minimum Gasteiger partial charge on any atom is -0.479 e. The molecule has 1 heterocycles. The Bertz CT molecular complexity index is 627. The average Bonchev–Trinajstić information content (AvgIpc) is 2.93. The van der Waals surface area contributed by atoms with Crippen LogP contribution in [-0.2, 0) is 4.79 Å². The molecule has 5 nitrogen and oxygen atoms in total. The lowest BCUT2D eigenvalue weighted by molar-refractivity contribution is -0.138. The van der Waals surface area contributed by atoms with Crippen molar-refractivity contribution < 1.29 is 19.4 Å². The molecule has 2 N–H and O–H groups in total. The average molecular weight is 271 g/mol. The number of fused-ring (bicyclic) bond motifs is 1. The largest absolute Gasteiger partial charge is 0.479 e. The maximum atomic E-state index is 11.4. The van der Waals surface area contributed by atoms with Crippen LogP contribution < -0.4 is 14.8 Å². The van der Waals surface area contributed by atoms with Crippen molar-refractivity contribution in [1.82, 2.24) is 0 Å². The monoisotopic (exact) mass is 271 g/mol. The lowest BCUT2D eigenvalue weighted by atomic mass is 10.1. The molecule has 20 heavy (non-hydrogen) atoms. The van der Waals surface area contributed by atoms with E-state index in [1.165, 1.54) is 0 Å². The second-order valence-corrected chi connectivity index (χ2v) is 4.39. The fraction of sp³-hybridized carbons (Fsp3) is 0.133. The first-order chi connectivity index (χ1) is 9.74. The summed E-state index contributed by atoms with van der Waals surface area (Å²) in [5.41, 5.74) is 1.36. The van der Waals surface area contributed by atoms with Crippen molar-refractivity contribution in [2.24, 2.45) is 0 Å². The van der Waals surface area contributed by atoms with Gasteiger partial charge >= 0.3 is 5.97 Å². The van der Waals surface area contributed by atoms with E-state index in [0.717, 1.165) is 0 Å². The predicted octanol–water partition coefficient (Wildman–Crippen LogP) is 2.65. The number of aliphatic carboxylic acids is 1. The third kappa shape index (κ3) is 2.38. The second kappa shape index (κ2) is 5.13. The number of carbonyl (C=O) groups is 1. The molecule has 0 radical (unpaired) electrons. The fourth-order valence-electron chi connectivity index (χ4n) is 2.09. The summed E-state index contributed by atoms with van der Waals surface area (Å²) in [6, 6.07) is 13.5. The molecule has 0 saturated carbocycles. The van der Waals surface area contributed by atoms with Gasteiger partial charge in [-0.1, -0.05) is 30.3 Å². The number of hydrogen-bond acceptors (Lipinski definition) is 4. The highest BCUT2D eigenvalue weighted by Crippen LogP contribution is 2.35. The van der Waals surface area contributed by atoms with Crippen molar-refractivity contribution in [3.8, 4) is 11.5 Å². The van der Waals surface area contributed by atoms with Crippen molar-refractivity contribution in [2.45, 2.75) is 6.04 Å². The SMILES string of the molecule is O=C(O)[C@H](Nc1ccc2c(c1)OCO2)c1ccccc1. The predicted molar refractivity (Wildman–Crippen MR) is 73.0 cm³/mol. The minimum absolute atomic E-state index is 0.194. The smallest absolute Gasteiger partial charge is 0.330 e. The summed E-state index contributed by atoms with van der Waals surface area (Å²) < 4.78 is 10.5. The maximum absolute atomic E-state index is 11.4. The highest BCUT2D eigenvalue weighted by atomic mass is 16.7. The number of hydrogen-bond donors (Lipinski definition) is 2.